The van der Waals surface area contributed by atoms with Crippen LogP contribution in [0.3, 0.4) is 0 Å². The minimum atomic E-state index is -0.710. The molecule has 180 valence electrons. The summed E-state index contributed by atoms with van der Waals surface area (Å²) in [6.07, 6.45) is 8.18. The van der Waals surface area contributed by atoms with Crippen molar-refractivity contribution >= 4 is 12.0 Å². The maximum atomic E-state index is 11.9. The van der Waals surface area contributed by atoms with Gasteiger partial charge in [0, 0.05) is 18.3 Å². The molecule has 0 saturated heterocycles. The third kappa shape index (κ3) is 5.68. The molecule has 1 aliphatic carbocycles. The molecule has 1 aromatic heterocycles. The lowest BCUT2D eigenvalue weighted by atomic mass is 9.71. The molecule has 1 fully saturated rings. The minimum absolute atomic E-state index is 0.00598. The van der Waals surface area contributed by atoms with Crippen LogP contribution in [0.2, 0.25) is 0 Å². The SMILES string of the molecule is C[C@H](O)c1nccn1C(/C=C/c1ccc(-c2ccc(C3CC(C(=O)NCC#N)C3)cc2)cc1)CO. The third-order valence-electron chi connectivity index (χ3n) is 6.60. The molecule has 1 heterocycles. The van der Waals surface area contributed by atoms with Crippen molar-refractivity contribution in [2.24, 2.45) is 5.92 Å². The summed E-state index contributed by atoms with van der Waals surface area (Å²) in [6, 6.07) is 18.3. The molecular weight excluding hydrogens is 440 g/mol. The largest absolute Gasteiger partial charge is 0.394 e. The number of imidazole rings is 1. The van der Waals surface area contributed by atoms with Crippen molar-refractivity contribution < 1.29 is 15.0 Å². The lowest BCUT2D eigenvalue weighted by Gasteiger charge is -2.34. The number of rotatable bonds is 9. The molecule has 0 radical (unpaired) electrons. The highest BCUT2D eigenvalue weighted by molar-refractivity contribution is 5.80. The van der Waals surface area contributed by atoms with Crippen molar-refractivity contribution in [1.82, 2.24) is 14.9 Å². The van der Waals surface area contributed by atoms with Gasteiger partial charge in [-0.3, -0.25) is 4.79 Å². The first-order chi connectivity index (χ1) is 17.0. The summed E-state index contributed by atoms with van der Waals surface area (Å²) in [5, 5.41) is 30.9. The lowest BCUT2D eigenvalue weighted by Crippen LogP contribution is -2.38. The Morgan fingerprint density at radius 2 is 1.86 bits per heavy atom. The molecular formula is C28H30N4O3. The fourth-order valence-corrected chi connectivity index (χ4v) is 4.50. The lowest BCUT2D eigenvalue weighted by molar-refractivity contribution is -0.127. The molecule has 1 amide bonds. The van der Waals surface area contributed by atoms with Crippen molar-refractivity contribution in [3.05, 3.63) is 84.0 Å². The summed E-state index contributed by atoms with van der Waals surface area (Å²) in [5.74, 6) is 0.893. The highest BCUT2D eigenvalue weighted by atomic mass is 16.3. The van der Waals surface area contributed by atoms with E-state index in [9.17, 15) is 15.0 Å². The maximum Gasteiger partial charge on any atom is 0.223 e. The second kappa shape index (κ2) is 11.1. The van der Waals surface area contributed by atoms with E-state index in [2.05, 4.69) is 46.7 Å². The highest BCUT2D eigenvalue weighted by Crippen LogP contribution is 2.42. The Balaban J connectivity index is 1.36. The van der Waals surface area contributed by atoms with E-state index in [-0.39, 0.29) is 31.0 Å². The summed E-state index contributed by atoms with van der Waals surface area (Å²) in [4.78, 5) is 16.1. The average molecular weight is 471 g/mol. The zero-order valence-electron chi connectivity index (χ0n) is 19.7. The molecule has 3 N–H and O–H groups in total. The van der Waals surface area contributed by atoms with Crippen LogP contribution in [0.25, 0.3) is 17.2 Å². The van der Waals surface area contributed by atoms with Gasteiger partial charge in [0.25, 0.3) is 0 Å². The van der Waals surface area contributed by atoms with Gasteiger partial charge in [0.1, 0.15) is 18.5 Å². The van der Waals surface area contributed by atoms with E-state index in [0.717, 1.165) is 29.5 Å². The monoisotopic (exact) mass is 470 g/mol. The molecule has 0 aliphatic heterocycles. The summed E-state index contributed by atoms with van der Waals surface area (Å²) in [5.41, 5.74) is 4.49. The molecule has 3 aromatic rings. The van der Waals surface area contributed by atoms with Crippen LogP contribution in [0, 0.1) is 17.2 Å². The number of aromatic nitrogens is 2. The predicted octanol–water partition coefficient (Wildman–Crippen LogP) is 3.98. The van der Waals surface area contributed by atoms with Crippen LogP contribution in [0.1, 0.15) is 54.8 Å². The number of amides is 1. The second-order valence-electron chi connectivity index (χ2n) is 8.96. The van der Waals surface area contributed by atoms with E-state index in [0.29, 0.717) is 11.7 Å². The molecule has 35 heavy (non-hydrogen) atoms. The molecule has 7 nitrogen and oxygen atoms in total. The van der Waals surface area contributed by atoms with E-state index >= 15 is 0 Å². The van der Waals surface area contributed by atoms with Gasteiger partial charge in [0.05, 0.1) is 18.7 Å². The standard InChI is InChI=1S/C28H30N4O3/c1-19(34)27-30-14-15-32(27)26(18-33)11-4-20-2-5-21(6-3-20)22-7-9-23(10-8-22)24-16-25(17-24)28(35)31-13-12-29/h2-11,14-15,19,24-26,33-34H,13,16-18H2,1H3,(H,31,35)/b11-4+/t19-,24?,25?,26?/m0/s1. The van der Waals surface area contributed by atoms with Gasteiger partial charge in [-0.1, -0.05) is 60.7 Å². The van der Waals surface area contributed by atoms with Gasteiger partial charge in [-0.15, -0.1) is 0 Å². The van der Waals surface area contributed by atoms with Crippen molar-refractivity contribution in [3.8, 4) is 17.2 Å². The number of aliphatic hydroxyl groups excluding tert-OH is 2. The molecule has 2 atom stereocenters. The Hall–Kier alpha value is -3.73. The summed E-state index contributed by atoms with van der Waals surface area (Å²) < 4.78 is 1.78. The van der Waals surface area contributed by atoms with Crippen LogP contribution in [-0.2, 0) is 4.79 Å². The third-order valence-corrected chi connectivity index (χ3v) is 6.60. The first kappa shape index (κ1) is 24.4. The zero-order valence-corrected chi connectivity index (χ0v) is 19.7. The first-order valence-electron chi connectivity index (χ1n) is 11.8. The number of carbonyl (C=O) groups excluding carboxylic acids is 1. The molecule has 1 aliphatic rings. The van der Waals surface area contributed by atoms with E-state index in [1.165, 1.54) is 5.56 Å². The highest BCUT2D eigenvalue weighted by Gasteiger charge is 2.35. The average Bonchev–Trinajstić information content (AvgIpc) is 3.33. The fraction of sp³-hybridized carbons (Fsp3) is 0.321. The Morgan fingerprint density at radius 1 is 1.20 bits per heavy atom. The number of nitriles is 1. The summed E-state index contributed by atoms with van der Waals surface area (Å²) in [7, 11) is 0. The van der Waals surface area contributed by atoms with Gasteiger partial charge in [-0.05, 0) is 47.9 Å². The number of hydrogen-bond donors (Lipinski definition) is 3. The zero-order chi connectivity index (χ0) is 24.8. The van der Waals surface area contributed by atoms with Crippen molar-refractivity contribution in [2.45, 2.75) is 37.8 Å². The summed E-state index contributed by atoms with van der Waals surface area (Å²) in [6.45, 7) is 1.63. The Morgan fingerprint density at radius 3 is 2.46 bits per heavy atom. The Kier molecular flexibility index (Phi) is 7.76. The quantitative estimate of drug-likeness (QED) is 0.410. The normalized spacial score (nSPS) is 19.0. The number of nitrogens with one attached hydrogen (secondary N) is 1. The fourth-order valence-electron chi connectivity index (χ4n) is 4.50. The predicted molar refractivity (Wildman–Crippen MR) is 134 cm³/mol. The molecule has 1 saturated carbocycles. The number of nitrogens with zero attached hydrogens (tertiary/aromatic N) is 3. The van der Waals surface area contributed by atoms with Crippen LogP contribution in [0.4, 0.5) is 0 Å². The van der Waals surface area contributed by atoms with Crippen LogP contribution in [0.5, 0.6) is 0 Å². The molecule has 0 bridgehead atoms. The van der Waals surface area contributed by atoms with Crippen molar-refractivity contribution in [3.63, 3.8) is 0 Å². The van der Waals surface area contributed by atoms with Gasteiger partial charge >= 0.3 is 0 Å². The molecule has 0 spiro atoms. The number of hydrogen-bond acceptors (Lipinski definition) is 5. The van der Waals surface area contributed by atoms with Crippen molar-refractivity contribution in [2.75, 3.05) is 13.2 Å². The van der Waals surface area contributed by atoms with Gasteiger partial charge in [0.15, 0.2) is 0 Å². The number of benzene rings is 2. The van der Waals surface area contributed by atoms with Crippen LogP contribution in [-0.4, -0.2) is 38.8 Å². The number of aliphatic hydroxyl groups is 2. The van der Waals surface area contributed by atoms with E-state index < -0.39 is 6.10 Å². The Bertz CT molecular complexity index is 1200. The van der Waals surface area contributed by atoms with E-state index in [1.807, 2.05) is 30.4 Å². The van der Waals surface area contributed by atoms with Gasteiger partial charge < -0.3 is 20.1 Å². The van der Waals surface area contributed by atoms with Crippen LogP contribution >= 0.6 is 0 Å². The van der Waals surface area contributed by atoms with Crippen molar-refractivity contribution in [1.29, 1.82) is 5.26 Å². The van der Waals surface area contributed by atoms with E-state index in [4.69, 9.17) is 5.26 Å². The molecule has 1 unspecified atom stereocenters. The smallest absolute Gasteiger partial charge is 0.223 e. The minimum Gasteiger partial charge on any atom is -0.394 e. The molecule has 2 aromatic carbocycles. The van der Waals surface area contributed by atoms with Crippen LogP contribution < -0.4 is 5.32 Å². The maximum absolute atomic E-state index is 11.9. The Labute approximate surface area is 205 Å². The van der Waals surface area contributed by atoms with Gasteiger partial charge in [-0.2, -0.15) is 5.26 Å². The first-order valence-corrected chi connectivity index (χ1v) is 11.8. The number of carbonyl (C=O) groups is 1. The van der Waals surface area contributed by atoms with Crippen LogP contribution in [0.15, 0.2) is 67.0 Å². The summed E-state index contributed by atoms with van der Waals surface area (Å²) >= 11 is 0. The van der Waals surface area contributed by atoms with Gasteiger partial charge in [0.2, 0.25) is 5.91 Å². The topological polar surface area (TPSA) is 111 Å². The molecule has 4 rings (SSSR count). The van der Waals surface area contributed by atoms with E-state index in [1.54, 1.807) is 23.9 Å². The molecule has 7 heteroatoms. The van der Waals surface area contributed by atoms with Gasteiger partial charge in [-0.25, -0.2) is 4.98 Å². The second-order valence-corrected chi connectivity index (χ2v) is 8.96.